The molecule has 0 saturated carbocycles. The van der Waals surface area contributed by atoms with Crippen molar-refractivity contribution < 1.29 is 19.1 Å². The lowest BCUT2D eigenvalue weighted by Gasteiger charge is -2.23. The molecule has 0 radical (unpaired) electrons. The van der Waals surface area contributed by atoms with Crippen molar-refractivity contribution in [1.82, 2.24) is 4.57 Å². The van der Waals surface area contributed by atoms with Crippen LogP contribution >= 0.6 is 22.7 Å². The minimum Gasteiger partial charge on any atom is -0.460 e. The van der Waals surface area contributed by atoms with Gasteiger partial charge in [0, 0.05) is 24.1 Å². The molecular weight excluding hydrogens is 510 g/mol. The van der Waals surface area contributed by atoms with Crippen LogP contribution in [-0.2, 0) is 19.1 Å². The molecule has 2 aliphatic rings. The third-order valence-corrected chi connectivity index (χ3v) is 8.41. The van der Waals surface area contributed by atoms with Gasteiger partial charge in [0.15, 0.2) is 4.80 Å². The van der Waals surface area contributed by atoms with Crippen LogP contribution in [0.15, 0.2) is 62.8 Å². The lowest BCUT2D eigenvalue weighted by molar-refractivity contribution is -0.140. The van der Waals surface area contributed by atoms with E-state index in [2.05, 4.69) is 11.9 Å². The smallest absolute Gasteiger partial charge is 0.338 e. The molecule has 2 aliphatic heterocycles. The average Bonchev–Trinajstić information content (AvgIpc) is 3.59. The highest BCUT2D eigenvalue weighted by molar-refractivity contribution is 7.10. The zero-order chi connectivity index (χ0) is 26.1. The van der Waals surface area contributed by atoms with Crippen molar-refractivity contribution in [3.05, 3.63) is 83.2 Å². The molecule has 5 rings (SSSR count). The first kappa shape index (κ1) is 25.3. The molecule has 0 saturated heterocycles. The number of nitrogens with zero attached hydrogens (tertiary/aromatic N) is 3. The Hall–Kier alpha value is -3.34. The first-order valence-corrected chi connectivity index (χ1v) is 13.8. The van der Waals surface area contributed by atoms with Gasteiger partial charge < -0.3 is 14.4 Å². The number of benzene rings is 1. The van der Waals surface area contributed by atoms with E-state index in [1.165, 1.54) is 34.4 Å². The first-order chi connectivity index (χ1) is 18.0. The van der Waals surface area contributed by atoms with Gasteiger partial charge in [-0.2, -0.15) is 0 Å². The number of thiazole rings is 1. The SMILES string of the molecule is CCCCN1C(=O)/C(=c2\sc3n(c2=O)[C@@H](c2cccs2)C(C(=O)OCCOC)=C(C)N=3)c2ccccc21. The molecule has 4 heterocycles. The van der Waals surface area contributed by atoms with E-state index in [-0.39, 0.29) is 24.7 Å². The molecule has 1 atom stereocenters. The maximum absolute atomic E-state index is 14.0. The van der Waals surface area contributed by atoms with Crippen molar-refractivity contribution in [3.63, 3.8) is 0 Å². The monoisotopic (exact) mass is 537 g/mol. The van der Waals surface area contributed by atoms with E-state index in [1.54, 1.807) is 11.8 Å². The molecule has 3 aromatic rings. The van der Waals surface area contributed by atoms with Crippen molar-refractivity contribution in [1.29, 1.82) is 0 Å². The molecule has 8 nitrogen and oxygen atoms in total. The summed E-state index contributed by atoms with van der Waals surface area (Å²) in [4.78, 5) is 48.5. The minimum absolute atomic E-state index is 0.0940. The summed E-state index contributed by atoms with van der Waals surface area (Å²) in [6, 6.07) is 10.6. The number of para-hydroxylation sites is 1. The van der Waals surface area contributed by atoms with Crippen LogP contribution in [0.25, 0.3) is 5.57 Å². The molecule has 0 N–H and O–H groups in total. The second-order valence-electron chi connectivity index (χ2n) is 8.75. The summed E-state index contributed by atoms with van der Waals surface area (Å²) in [6.45, 7) is 4.77. The standard InChI is InChI=1S/C27H27N3O5S2/c1-4-5-12-29-18-10-7-6-9-17(18)21(24(29)31)23-25(32)30-22(19-11-8-15-36-19)20(16(2)28-27(30)37-23)26(33)35-14-13-34-3/h6-11,15,22H,4-5,12-14H2,1-3H3/b23-21-/t22-/m0/s1. The van der Waals surface area contributed by atoms with E-state index in [1.807, 2.05) is 41.8 Å². The summed E-state index contributed by atoms with van der Waals surface area (Å²) in [7, 11) is 1.53. The number of aromatic nitrogens is 1. The summed E-state index contributed by atoms with van der Waals surface area (Å²) in [6.07, 6.45) is 1.81. The van der Waals surface area contributed by atoms with E-state index >= 15 is 0 Å². The fraction of sp³-hybridized carbons (Fsp3) is 0.333. The van der Waals surface area contributed by atoms with E-state index in [0.717, 1.165) is 29.0 Å². The average molecular weight is 538 g/mol. The van der Waals surface area contributed by atoms with Crippen LogP contribution in [-0.4, -0.2) is 43.3 Å². The largest absolute Gasteiger partial charge is 0.460 e. The molecule has 2 aromatic heterocycles. The Labute approximate surface area is 221 Å². The molecule has 37 heavy (non-hydrogen) atoms. The van der Waals surface area contributed by atoms with Gasteiger partial charge in [-0.1, -0.05) is 48.9 Å². The Balaban J connectivity index is 1.71. The number of thiophene rings is 1. The highest BCUT2D eigenvalue weighted by Crippen LogP contribution is 2.36. The summed E-state index contributed by atoms with van der Waals surface area (Å²) in [5.41, 5.74) is 2.41. The molecule has 1 amide bonds. The van der Waals surface area contributed by atoms with Gasteiger partial charge in [0.05, 0.1) is 29.1 Å². The van der Waals surface area contributed by atoms with Crippen LogP contribution in [0.3, 0.4) is 0 Å². The van der Waals surface area contributed by atoms with Crippen LogP contribution in [0.1, 0.15) is 43.2 Å². The summed E-state index contributed by atoms with van der Waals surface area (Å²) >= 11 is 2.64. The topological polar surface area (TPSA) is 90.2 Å². The van der Waals surface area contributed by atoms with Gasteiger partial charge in [0.2, 0.25) is 0 Å². The zero-order valence-electron chi connectivity index (χ0n) is 20.9. The number of carbonyl (C=O) groups excluding carboxylic acids is 2. The number of fused-ring (bicyclic) bond motifs is 2. The predicted octanol–water partition coefficient (Wildman–Crippen LogP) is 3.00. The number of rotatable bonds is 8. The van der Waals surface area contributed by atoms with E-state index in [0.29, 0.717) is 32.7 Å². The minimum atomic E-state index is -0.691. The maximum Gasteiger partial charge on any atom is 0.338 e. The normalized spacial score (nSPS) is 18.1. The summed E-state index contributed by atoms with van der Waals surface area (Å²) < 4.78 is 12.3. The Bertz CT molecular complexity index is 1570. The Kier molecular flexibility index (Phi) is 7.23. The number of esters is 1. The number of methoxy groups -OCH3 is 1. The number of carbonyl (C=O) groups is 2. The van der Waals surface area contributed by atoms with Gasteiger partial charge in [-0.05, 0) is 30.9 Å². The van der Waals surface area contributed by atoms with Gasteiger partial charge in [-0.3, -0.25) is 14.2 Å². The van der Waals surface area contributed by atoms with E-state index in [4.69, 9.17) is 9.47 Å². The zero-order valence-corrected chi connectivity index (χ0v) is 22.5. The third kappa shape index (κ3) is 4.39. The molecular formula is C27H27N3O5S2. The highest BCUT2D eigenvalue weighted by atomic mass is 32.1. The highest BCUT2D eigenvalue weighted by Gasteiger charge is 2.37. The van der Waals surface area contributed by atoms with E-state index < -0.39 is 12.0 Å². The number of allylic oxidation sites excluding steroid dienone is 1. The van der Waals surface area contributed by atoms with Crippen molar-refractivity contribution in [2.24, 2.45) is 4.99 Å². The fourth-order valence-electron chi connectivity index (χ4n) is 4.68. The fourth-order valence-corrected chi connectivity index (χ4v) is 6.64. The van der Waals surface area contributed by atoms with Gasteiger partial charge in [0.25, 0.3) is 11.5 Å². The second kappa shape index (κ2) is 10.6. The molecule has 0 aliphatic carbocycles. The molecule has 0 spiro atoms. The van der Waals surface area contributed by atoms with Gasteiger partial charge in [-0.15, -0.1) is 11.3 Å². The molecule has 0 fully saturated rings. The molecule has 1 aromatic carbocycles. The number of unbranched alkanes of at least 4 members (excludes halogenated alkanes) is 1. The van der Waals surface area contributed by atoms with Crippen molar-refractivity contribution in [2.75, 3.05) is 31.8 Å². The summed E-state index contributed by atoms with van der Waals surface area (Å²) in [5.74, 6) is -0.717. The Morgan fingerprint density at radius 1 is 1.14 bits per heavy atom. The number of hydrogen-bond donors (Lipinski definition) is 0. The van der Waals surface area contributed by atoms with Crippen LogP contribution in [0.5, 0.6) is 0 Å². The Morgan fingerprint density at radius 2 is 1.95 bits per heavy atom. The van der Waals surface area contributed by atoms with Crippen molar-refractivity contribution >= 4 is 45.8 Å². The predicted molar refractivity (Wildman–Crippen MR) is 144 cm³/mol. The molecule has 10 heteroatoms. The number of hydrogen-bond acceptors (Lipinski definition) is 8. The Morgan fingerprint density at radius 3 is 2.68 bits per heavy atom. The summed E-state index contributed by atoms with van der Waals surface area (Å²) in [5, 5.41) is 1.90. The number of anilines is 1. The van der Waals surface area contributed by atoms with Crippen LogP contribution in [0.4, 0.5) is 5.69 Å². The lowest BCUT2D eigenvalue weighted by atomic mass is 10.0. The van der Waals surface area contributed by atoms with Crippen LogP contribution in [0.2, 0.25) is 0 Å². The quantitative estimate of drug-likeness (QED) is 0.326. The van der Waals surface area contributed by atoms with Crippen LogP contribution < -0.4 is 19.8 Å². The van der Waals surface area contributed by atoms with Gasteiger partial charge >= 0.3 is 5.97 Å². The number of ether oxygens (including phenoxy) is 2. The molecule has 0 bridgehead atoms. The van der Waals surface area contributed by atoms with Gasteiger partial charge in [0.1, 0.15) is 17.2 Å². The van der Waals surface area contributed by atoms with E-state index in [9.17, 15) is 14.4 Å². The second-order valence-corrected chi connectivity index (χ2v) is 10.7. The third-order valence-electron chi connectivity index (χ3n) is 6.44. The van der Waals surface area contributed by atoms with Crippen LogP contribution in [0, 0.1) is 0 Å². The van der Waals surface area contributed by atoms with Crippen molar-refractivity contribution in [3.8, 4) is 0 Å². The molecule has 0 unspecified atom stereocenters. The van der Waals surface area contributed by atoms with Crippen molar-refractivity contribution in [2.45, 2.75) is 32.7 Å². The maximum atomic E-state index is 14.0. The van der Waals surface area contributed by atoms with Gasteiger partial charge in [-0.25, -0.2) is 9.79 Å². The molecule has 192 valence electrons. The first-order valence-electron chi connectivity index (χ1n) is 12.1. The number of amides is 1. The lowest BCUT2D eigenvalue weighted by Crippen LogP contribution is -2.40.